The predicted molar refractivity (Wildman–Crippen MR) is 92.8 cm³/mol. The highest BCUT2D eigenvalue weighted by atomic mass is 35.5. The summed E-state index contributed by atoms with van der Waals surface area (Å²) in [6.45, 7) is 2.49. The zero-order chi connectivity index (χ0) is 17.7. The molecular formula is C14H14Cl2N4O3S. The van der Waals surface area contributed by atoms with Gasteiger partial charge in [-0.15, -0.1) is 4.37 Å². The lowest BCUT2D eigenvalue weighted by atomic mass is 10.1. The summed E-state index contributed by atoms with van der Waals surface area (Å²) < 4.78 is 13.1. The molecule has 0 aliphatic carbocycles. The molecule has 0 bridgehead atoms. The first-order chi connectivity index (χ1) is 11.5. The third-order valence-electron chi connectivity index (χ3n) is 3.04. The maximum absolute atomic E-state index is 11.8. The Balaban J connectivity index is 2.32. The van der Waals surface area contributed by atoms with Gasteiger partial charge in [0.2, 0.25) is 5.91 Å². The van der Waals surface area contributed by atoms with E-state index in [1.54, 1.807) is 0 Å². The van der Waals surface area contributed by atoms with Crippen LogP contribution in [0.3, 0.4) is 0 Å². The van der Waals surface area contributed by atoms with E-state index in [1.807, 2.05) is 6.92 Å². The van der Waals surface area contributed by atoms with E-state index in [9.17, 15) is 9.59 Å². The number of carbonyl (C=O) groups excluding carboxylic acids is 2. The molecule has 2 aromatic rings. The molecule has 0 aliphatic rings. The normalized spacial score (nSPS) is 10.5. The standard InChI is InChI=1S/C14H14Cl2N4O3S/c1-2-3-6-18-14(22)23-13-11(19-24-20-13)9-8(15)5-4-7(10(9)16)12(17)21/h4-5H,2-3,6H2,1H3,(H2,17,21)(H,18,22). The number of ether oxygens (including phenoxy) is 1. The van der Waals surface area contributed by atoms with Crippen LogP contribution in [0, 0.1) is 0 Å². The second kappa shape index (κ2) is 8.27. The van der Waals surface area contributed by atoms with Gasteiger partial charge in [-0.1, -0.05) is 36.5 Å². The van der Waals surface area contributed by atoms with Crippen LogP contribution in [0.25, 0.3) is 11.3 Å². The fourth-order valence-electron chi connectivity index (χ4n) is 1.85. The average Bonchev–Trinajstić information content (AvgIpc) is 2.95. The van der Waals surface area contributed by atoms with Crippen LogP contribution >= 0.6 is 34.9 Å². The van der Waals surface area contributed by atoms with Crippen molar-refractivity contribution in [3.63, 3.8) is 0 Å². The van der Waals surface area contributed by atoms with Crippen molar-refractivity contribution < 1.29 is 14.3 Å². The van der Waals surface area contributed by atoms with E-state index < -0.39 is 12.0 Å². The molecule has 10 heteroatoms. The Labute approximate surface area is 152 Å². The minimum atomic E-state index is -0.708. The Morgan fingerprint density at radius 1 is 1.33 bits per heavy atom. The topological polar surface area (TPSA) is 107 Å². The van der Waals surface area contributed by atoms with Crippen LogP contribution in [0.5, 0.6) is 5.88 Å². The van der Waals surface area contributed by atoms with Crippen molar-refractivity contribution in [1.82, 2.24) is 14.1 Å². The van der Waals surface area contributed by atoms with Crippen LogP contribution < -0.4 is 15.8 Å². The van der Waals surface area contributed by atoms with Crippen LogP contribution in [0.2, 0.25) is 10.0 Å². The maximum Gasteiger partial charge on any atom is 0.414 e. The lowest BCUT2D eigenvalue weighted by molar-refractivity contribution is 0.100. The van der Waals surface area contributed by atoms with Crippen LogP contribution in [0.15, 0.2) is 12.1 Å². The molecule has 128 valence electrons. The summed E-state index contributed by atoms with van der Waals surface area (Å²) in [5.74, 6) is -0.750. The Morgan fingerprint density at radius 2 is 2.08 bits per heavy atom. The van der Waals surface area contributed by atoms with Crippen molar-refractivity contribution in [2.24, 2.45) is 5.73 Å². The predicted octanol–water partition coefficient (Wildman–Crippen LogP) is 3.50. The van der Waals surface area contributed by atoms with Gasteiger partial charge in [0.1, 0.15) is 0 Å². The fraction of sp³-hybridized carbons (Fsp3) is 0.286. The van der Waals surface area contributed by atoms with E-state index in [1.165, 1.54) is 12.1 Å². The molecule has 0 aliphatic heterocycles. The largest absolute Gasteiger partial charge is 0.414 e. The summed E-state index contributed by atoms with van der Waals surface area (Å²) >= 11 is 13.2. The smallest absolute Gasteiger partial charge is 0.388 e. The molecule has 0 unspecified atom stereocenters. The van der Waals surface area contributed by atoms with Gasteiger partial charge in [-0.3, -0.25) is 4.79 Å². The highest BCUT2D eigenvalue weighted by Crippen LogP contribution is 2.40. The lowest BCUT2D eigenvalue weighted by Gasteiger charge is -2.09. The number of primary amides is 1. The highest BCUT2D eigenvalue weighted by Gasteiger charge is 2.23. The Kier molecular flexibility index (Phi) is 6.36. The number of nitrogens with zero attached hydrogens (tertiary/aromatic N) is 2. The van der Waals surface area contributed by atoms with Crippen LogP contribution in [-0.4, -0.2) is 27.3 Å². The first-order valence-corrected chi connectivity index (χ1v) is 8.50. The molecule has 1 aromatic carbocycles. The molecule has 0 saturated carbocycles. The fourth-order valence-corrected chi connectivity index (χ4v) is 2.98. The second-order valence-corrected chi connectivity index (χ2v) is 6.05. The molecule has 0 radical (unpaired) electrons. The van der Waals surface area contributed by atoms with Crippen molar-refractivity contribution in [3.8, 4) is 17.1 Å². The molecule has 0 fully saturated rings. The van der Waals surface area contributed by atoms with E-state index in [4.69, 9.17) is 33.7 Å². The van der Waals surface area contributed by atoms with E-state index in [0.29, 0.717) is 6.54 Å². The number of rotatable bonds is 6. The number of amides is 2. The molecule has 0 saturated heterocycles. The number of carbonyl (C=O) groups is 2. The number of nitrogens with two attached hydrogens (primary N) is 1. The Bertz CT molecular complexity index is 766. The maximum atomic E-state index is 11.8. The van der Waals surface area contributed by atoms with E-state index in [-0.39, 0.29) is 32.7 Å². The zero-order valence-corrected chi connectivity index (χ0v) is 15.0. The average molecular weight is 389 g/mol. The first kappa shape index (κ1) is 18.4. The van der Waals surface area contributed by atoms with Gasteiger partial charge < -0.3 is 15.8 Å². The minimum absolute atomic E-state index is 0.0268. The number of hydrogen-bond acceptors (Lipinski definition) is 6. The molecule has 2 amide bonds. The molecule has 1 heterocycles. The van der Waals surface area contributed by atoms with Crippen LogP contribution in [0.1, 0.15) is 30.1 Å². The number of aromatic nitrogens is 2. The number of hydrogen-bond donors (Lipinski definition) is 2. The summed E-state index contributed by atoms with van der Waals surface area (Å²) in [7, 11) is 0. The number of benzene rings is 1. The van der Waals surface area contributed by atoms with Gasteiger partial charge in [0.05, 0.1) is 27.3 Å². The summed E-state index contributed by atoms with van der Waals surface area (Å²) in [6, 6.07) is 2.88. The van der Waals surface area contributed by atoms with Gasteiger partial charge in [0.25, 0.3) is 5.88 Å². The van der Waals surface area contributed by atoms with Crippen molar-refractivity contribution in [2.45, 2.75) is 19.8 Å². The van der Waals surface area contributed by atoms with E-state index in [0.717, 1.165) is 24.6 Å². The quantitative estimate of drug-likeness (QED) is 0.736. The molecule has 3 N–H and O–H groups in total. The van der Waals surface area contributed by atoms with Crippen molar-refractivity contribution >= 4 is 46.9 Å². The van der Waals surface area contributed by atoms with Gasteiger partial charge in [0.15, 0.2) is 5.69 Å². The van der Waals surface area contributed by atoms with E-state index in [2.05, 4.69) is 14.1 Å². The number of unbranched alkanes of at least 4 members (excludes halogenated alkanes) is 1. The number of nitrogens with one attached hydrogen (secondary N) is 1. The summed E-state index contributed by atoms with van der Waals surface area (Å²) in [5.41, 5.74) is 5.77. The van der Waals surface area contributed by atoms with Crippen molar-refractivity contribution in [1.29, 1.82) is 0 Å². The zero-order valence-electron chi connectivity index (χ0n) is 12.6. The minimum Gasteiger partial charge on any atom is -0.388 e. The first-order valence-electron chi connectivity index (χ1n) is 7.02. The summed E-state index contributed by atoms with van der Waals surface area (Å²) in [4.78, 5) is 23.2. The van der Waals surface area contributed by atoms with Gasteiger partial charge in [0, 0.05) is 12.1 Å². The molecule has 24 heavy (non-hydrogen) atoms. The van der Waals surface area contributed by atoms with E-state index >= 15 is 0 Å². The third kappa shape index (κ3) is 4.14. The van der Waals surface area contributed by atoms with Gasteiger partial charge in [-0.25, -0.2) is 4.79 Å². The summed E-state index contributed by atoms with van der Waals surface area (Å²) in [5, 5.41) is 2.85. The second-order valence-electron chi connectivity index (χ2n) is 4.74. The summed E-state index contributed by atoms with van der Waals surface area (Å²) in [6.07, 6.45) is 1.11. The van der Waals surface area contributed by atoms with Crippen molar-refractivity contribution in [3.05, 3.63) is 27.7 Å². The van der Waals surface area contributed by atoms with Gasteiger partial charge in [-0.2, -0.15) is 4.37 Å². The Hall–Kier alpha value is -1.90. The highest BCUT2D eigenvalue weighted by molar-refractivity contribution is 6.99. The molecule has 2 rings (SSSR count). The molecule has 1 aromatic heterocycles. The van der Waals surface area contributed by atoms with Crippen molar-refractivity contribution in [2.75, 3.05) is 6.54 Å². The molecule has 0 spiro atoms. The SMILES string of the molecule is CCCCNC(=O)Oc1nsnc1-c1c(Cl)ccc(C(N)=O)c1Cl. The Morgan fingerprint density at radius 3 is 2.75 bits per heavy atom. The van der Waals surface area contributed by atoms with Gasteiger partial charge >= 0.3 is 6.09 Å². The van der Waals surface area contributed by atoms with Crippen LogP contribution in [0.4, 0.5) is 4.79 Å². The lowest BCUT2D eigenvalue weighted by Crippen LogP contribution is -2.27. The van der Waals surface area contributed by atoms with Gasteiger partial charge in [-0.05, 0) is 18.6 Å². The molecule has 7 nitrogen and oxygen atoms in total. The monoisotopic (exact) mass is 388 g/mol. The number of halogens is 2. The van der Waals surface area contributed by atoms with Crippen LogP contribution in [-0.2, 0) is 0 Å². The molecular weight excluding hydrogens is 375 g/mol. The third-order valence-corrected chi connectivity index (χ3v) is 4.26. The molecule has 0 atom stereocenters.